The van der Waals surface area contributed by atoms with E-state index in [2.05, 4.69) is 45.3 Å². The molecule has 1 unspecified atom stereocenters. The molecule has 1 aliphatic rings. The van der Waals surface area contributed by atoms with Gasteiger partial charge in [0.15, 0.2) is 11.6 Å². The molecule has 1 saturated heterocycles. The second kappa shape index (κ2) is 14.5. The average molecular weight is 620 g/mol. The van der Waals surface area contributed by atoms with Crippen molar-refractivity contribution < 1.29 is 37.2 Å². The molecular formula is C27H31ClN2O4PPd+. The third-order valence-electron chi connectivity index (χ3n) is 5.58. The van der Waals surface area contributed by atoms with Gasteiger partial charge in [-0.15, -0.1) is 0 Å². The second-order valence-electron chi connectivity index (χ2n) is 7.78. The number of esters is 1. The maximum absolute atomic E-state index is 12.9. The number of hydrazine groups is 1. The summed E-state index contributed by atoms with van der Waals surface area (Å²) in [5.41, 5.74) is 5.29. The van der Waals surface area contributed by atoms with E-state index < -0.39 is 7.92 Å². The number of benzene rings is 3. The standard InChI is InChI=1S/C26H27N2O4P.CH3.ClH.Pd/c1-4-31-23-16-10-9-15-22(23)26-28(18(2)29)27-25(33(26)20-12-6-5-7-13-20)21-14-8-11-17-24(21)32-19(3)30;;;/h5-17,25-27H,4H2,1-3H3;1H3;1H;/q;-1;;+2/t25-,26-,33?;;;/m0.../s1. The van der Waals surface area contributed by atoms with Gasteiger partial charge in [0.2, 0.25) is 5.91 Å². The number of para-hydroxylation sites is 2. The molecule has 1 heterocycles. The number of nitrogens with zero attached hydrogens (tertiary/aromatic N) is 1. The van der Waals surface area contributed by atoms with Gasteiger partial charge in [0.1, 0.15) is 11.5 Å². The van der Waals surface area contributed by atoms with E-state index in [-0.39, 0.29) is 30.9 Å². The van der Waals surface area contributed by atoms with E-state index in [1.54, 1.807) is 18.0 Å². The molecule has 1 aliphatic heterocycles. The van der Waals surface area contributed by atoms with Gasteiger partial charge in [-0.05, 0) is 43.3 Å². The summed E-state index contributed by atoms with van der Waals surface area (Å²) in [6.45, 7) is 5.44. The Morgan fingerprint density at radius 2 is 1.47 bits per heavy atom. The van der Waals surface area contributed by atoms with Gasteiger partial charge in [-0.1, -0.05) is 42.5 Å². The van der Waals surface area contributed by atoms with Crippen LogP contribution in [-0.4, -0.2) is 23.5 Å². The first-order valence-corrected chi connectivity index (χ1v) is 14.8. The first kappa shape index (κ1) is 30.0. The summed E-state index contributed by atoms with van der Waals surface area (Å²) in [6, 6.07) is 25.7. The Morgan fingerprint density at radius 3 is 2.06 bits per heavy atom. The number of rotatable bonds is 6. The third-order valence-corrected chi connectivity index (χ3v) is 8.80. The van der Waals surface area contributed by atoms with E-state index in [4.69, 9.17) is 9.47 Å². The zero-order valence-electron chi connectivity index (χ0n) is 20.6. The fourth-order valence-electron chi connectivity index (χ4n) is 4.31. The normalized spacial score (nSPS) is 18.4. The number of hydrogen-bond acceptors (Lipinski definition) is 5. The number of ether oxygens (including phenoxy) is 2. The third kappa shape index (κ3) is 6.73. The van der Waals surface area contributed by atoms with Crippen LogP contribution in [0.25, 0.3) is 0 Å². The number of hydrogen-bond donors (Lipinski definition) is 1. The molecule has 1 amide bonds. The van der Waals surface area contributed by atoms with Crippen LogP contribution in [0.15, 0.2) is 78.9 Å². The number of nitrogens with one attached hydrogen (secondary N) is 1. The summed E-state index contributed by atoms with van der Waals surface area (Å²) < 4.78 is 11.5. The molecule has 6 nitrogen and oxygen atoms in total. The van der Waals surface area contributed by atoms with Crippen LogP contribution < -0.4 is 20.2 Å². The summed E-state index contributed by atoms with van der Waals surface area (Å²) in [5.74, 6) is 0.367. The van der Waals surface area contributed by atoms with Crippen molar-refractivity contribution in [2.24, 2.45) is 0 Å². The maximum atomic E-state index is 12.9. The van der Waals surface area contributed by atoms with Gasteiger partial charge < -0.3 is 16.9 Å². The van der Waals surface area contributed by atoms with E-state index in [0.717, 1.165) is 22.2 Å². The van der Waals surface area contributed by atoms with Crippen molar-refractivity contribution >= 4 is 34.6 Å². The molecule has 0 aliphatic carbocycles. The van der Waals surface area contributed by atoms with Crippen LogP contribution in [0.5, 0.6) is 11.5 Å². The summed E-state index contributed by atoms with van der Waals surface area (Å²) in [7, 11) is 2.95. The molecule has 36 heavy (non-hydrogen) atoms. The molecule has 3 atom stereocenters. The SMILES string of the molecule is CCOc1ccccc1[C@H]1N(C(C)=O)N[C@H](c2ccccc2OC(C)=O)[PH+]1c1ccccc1.[CH3-].[Cl][Pd+]. The topological polar surface area (TPSA) is 67.9 Å². The summed E-state index contributed by atoms with van der Waals surface area (Å²) >= 11 is 2.22. The number of carbonyl (C=O) groups is 2. The average Bonchev–Trinajstić information content (AvgIpc) is 3.27. The molecule has 0 spiro atoms. The Balaban J connectivity index is 0.00000148. The van der Waals surface area contributed by atoms with Gasteiger partial charge in [0.05, 0.1) is 31.0 Å². The van der Waals surface area contributed by atoms with Crippen LogP contribution in [0, 0.1) is 7.43 Å². The van der Waals surface area contributed by atoms with Gasteiger partial charge in [-0.3, -0.25) is 9.59 Å². The van der Waals surface area contributed by atoms with E-state index in [1.165, 1.54) is 6.92 Å². The van der Waals surface area contributed by atoms with Crippen LogP contribution in [0.4, 0.5) is 0 Å². The molecule has 3 aromatic carbocycles. The van der Waals surface area contributed by atoms with Crippen LogP contribution in [0.2, 0.25) is 0 Å². The molecule has 1 N–H and O–H groups in total. The molecule has 9 heteroatoms. The Morgan fingerprint density at radius 1 is 0.917 bits per heavy atom. The summed E-state index contributed by atoms with van der Waals surface area (Å²) in [4.78, 5) is 24.7. The summed E-state index contributed by atoms with van der Waals surface area (Å²) in [6.07, 6.45) is 0. The Bertz CT molecular complexity index is 1150. The molecule has 0 radical (unpaired) electrons. The van der Waals surface area contributed by atoms with E-state index in [9.17, 15) is 9.59 Å². The summed E-state index contributed by atoms with van der Waals surface area (Å²) in [5, 5.41) is 2.88. The van der Waals surface area contributed by atoms with Crippen molar-refractivity contribution in [3.8, 4) is 11.5 Å². The Kier molecular flexibility index (Phi) is 12.0. The van der Waals surface area contributed by atoms with Gasteiger partial charge >= 0.3 is 33.7 Å². The van der Waals surface area contributed by atoms with Crippen LogP contribution in [0.3, 0.4) is 0 Å². The van der Waals surface area contributed by atoms with Gasteiger partial charge in [0, 0.05) is 13.8 Å². The van der Waals surface area contributed by atoms with Crippen LogP contribution in [-0.2, 0) is 27.8 Å². The first-order valence-electron chi connectivity index (χ1n) is 11.1. The van der Waals surface area contributed by atoms with Crippen molar-refractivity contribution in [1.82, 2.24) is 10.4 Å². The molecule has 0 aromatic heterocycles. The number of carbonyl (C=O) groups excluding carboxylic acids is 2. The van der Waals surface area contributed by atoms with Crippen LogP contribution >= 0.6 is 17.5 Å². The van der Waals surface area contributed by atoms with Crippen molar-refractivity contribution in [3.05, 3.63) is 97.4 Å². The fourth-order valence-corrected chi connectivity index (χ4v) is 7.81. The fraction of sp³-hybridized carbons (Fsp3) is 0.222. The quantitative estimate of drug-likeness (QED) is 0.125. The predicted octanol–water partition coefficient (Wildman–Crippen LogP) is 5.75. The van der Waals surface area contributed by atoms with E-state index >= 15 is 0 Å². The van der Waals surface area contributed by atoms with Gasteiger partial charge in [-0.2, -0.15) is 5.43 Å². The zero-order valence-corrected chi connectivity index (χ0v) is 24.0. The predicted molar refractivity (Wildman–Crippen MR) is 143 cm³/mol. The molecule has 194 valence electrons. The minimum absolute atomic E-state index is 0. The number of halogens is 1. The molecular weight excluding hydrogens is 589 g/mol. The molecule has 3 aromatic rings. The molecule has 4 rings (SSSR count). The van der Waals surface area contributed by atoms with Crippen molar-refractivity contribution in [2.45, 2.75) is 32.3 Å². The number of amides is 1. The van der Waals surface area contributed by atoms with Crippen molar-refractivity contribution in [1.29, 1.82) is 0 Å². The van der Waals surface area contributed by atoms with Crippen molar-refractivity contribution in [2.75, 3.05) is 6.61 Å². The molecule has 0 saturated carbocycles. The second-order valence-corrected chi connectivity index (χ2v) is 10.4. The molecule has 0 bridgehead atoms. The minimum atomic E-state index is -1.54. The Labute approximate surface area is 229 Å². The molecule has 1 fully saturated rings. The Hall–Kier alpha value is -2.26. The van der Waals surface area contributed by atoms with Crippen molar-refractivity contribution in [3.63, 3.8) is 0 Å². The first-order chi connectivity index (χ1) is 17.0. The monoisotopic (exact) mass is 619 g/mol. The zero-order chi connectivity index (χ0) is 25.4. The van der Waals surface area contributed by atoms with Gasteiger partial charge in [0.25, 0.3) is 0 Å². The van der Waals surface area contributed by atoms with Gasteiger partial charge in [-0.25, -0.2) is 5.01 Å². The van der Waals surface area contributed by atoms with E-state index in [0.29, 0.717) is 12.4 Å². The van der Waals surface area contributed by atoms with Crippen LogP contribution in [0.1, 0.15) is 43.5 Å². The van der Waals surface area contributed by atoms with E-state index in [1.807, 2.05) is 67.6 Å².